The van der Waals surface area contributed by atoms with Gasteiger partial charge in [-0.15, -0.1) is 0 Å². The van der Waals surface area contributed by atoms with E-state index in [1.807, 2.05) is 37.3 Å². The lowest BCUT2D eigenvalue weighted by Gasteiger charge is -2.25. The summed E-state index contributed by atoms with van der Waals surface area (Å²) in [4.78, 5) is 26.1. The Labute approximate surface area is 142 Å². The first kappa shape index (κ1) is 17.9. The number of benzene rings is 1. The van der Waals surface area contributed by atoms with Crippen LogP contribution in [0.4, 0.5) is 0 Å². The summed E-state index contributed by atoms with van der Waals surface area (Å²) in [6.45, 7) is 4.03. The smallest absolute Gasteiger partial charge is 0.270 e. The van der Waals surface area contributed by atoms with Crippen molar-refractivity contribution in [3.8, 4) is 0 Å². The number of nitrogens with zero attached hydrogens (tertiary/aromatic N) is 2. The molecule has 0 bridgehead atoms. The minimum absolute atomic E-state index is 0.0761. The normalized spacial score (nSPS) is 12.0. The SMILES string of the molecule is CCC(O)CN(Cc1ccccc1)C(=O)c1cc(C(C)=O)cn1C. The Morgan fingerprint density at radius 1 is 1.25 bits per heavy atom. The average molecular weight is 328 g/mol. The van der Waals surface area contributed by atoms with Crippen molar-refractivity contribution >= 4 is 11.7 Å². The van der Waals surface area contributed by atoms with Gasteiger partial charge < -0.3 is 14.6 Å². The molecule has 5 nitrogen and oxygen atoms in total. The molecule has 24 heavy (non-hydrogen) atoms. The van der Waals surface area contributed by atoms with Gasteiger partial charge in [-0.05, 0) is 25.0 Å². The third kappa shape index (κ3) is 4.32. The van der Waals surface area contributed by atoms with Gasteiger partial charge in [-0.2, -0.15) is 0 Å². The van der Waals surface area contributed by atoms with Gasteiger partial charge in [-0.1, -0.05) is 37.3 Å². The lowest BCUT2D eigenvalue weighted by molar-refractivity contribution is 0.0590. The molecular formula is C19H24N2O3. The minimum atomic E-state index is -0.579. The Bertz CT molecular complexity index is 707. The molecular weight excluding hydrogens is 304 g/mol. The molecule has 1 heterocycles. The van der Waals surface area contributed by atoms with E-state index < -0.39 is 6.10 Å². The Balaban J connectivity index is 2.28. The van der Waals surface area contributed by atoms with Crippen LogP contribution in [0.5, 0.6) is 0 Å². The summed E-state index contributed by atoms with van der Waals surface area (Å²) in [6.07, 6.45) is 1.65. The number of rotatable bonds is 7. The fourth-order valence-corrected chi connectivity index (χ4v) is 2.54. The molecule has 1 amide bonds. The molecule has 0 aliphatic carbocycles. The maximum atomic E-state index is 12.9. The molecule has 1 N–H and O–H groups in total. The molecule has 2 rings (SSSR count). The third-order valence-electron chi connectivity index (χ3n) is 4.04. The van der Waals surface area contributed by atoms with Crippen molar-refractivity contribution in [3.63, 3.8) is 0 Å². The van der Waals surface area contributed by atoms with Crippen molar-refractivity contribution in [2.45, 2.75) is 32.9 Å². The van der Waals surface area contributed by atoms with E-state index in [1.165, 1.54) is 6.92 Å². The zero-order valence-electron chi connectivity index (χ0n) is 14.4. The van der Waals surface area contributed by atoms with E-state index >= 15 is 0 Å². The number of carbonyl (C=O) groups is 2. The Morgan fingerprint density at radius 3 is 2.46 bits per heavy atom. The molecule has 0 saturated carbocycles. The van der Waals surface area contributed by atoms with Crippen LogP contribution in [0.15, 0.2) is 42.6 Å². The summed E-state index contributed by atoms with van der Waals surface area (Å²) in [5, 5.41) is 10.0. The number of aryl methyl sites for hydroxylation is 1. The molecule has 0 aliphatic heterocycles. The second kappa shape index (κ2) is 7.93. The zero-order valence-corrected chi connectivity index (χ0v) is 14.4. The molecule has 128 valence electrons. The monoisotopic (exact) mass is 328 g/mol. The summed E-state index contributed by atoms with van der Waals surface area (Å²) in [5.74, 6) is -0.269. The largest absolute Gasteiger partial charge is 0.391 e. The highest BCUT2D eigenvalue weighted by molar-refractivity contribution is 5.99. The number of carbonyl (C=O) groups excluding carboxylic acids is 2. The molecule has 2 aromatic rings. The van der Waals surface area contributed by atoms with Crippen molar-refractivity contribution in [1.29, 1.82) is 0 Å². The molecule has 5 heteroatoms. The van der Waals surface area contributed by atoms with Crippen LogP contribution >= 0.6 is 0 Å². The molecule has 0 saturated heterocycles. The van der Waals surface area contributed by atoms with E-state index in [2.05, 4.69) is 0 Å². The van der Waals surface area contributed by atoms with Gasteiger partial charge >= 0.3 is 0 Å². The first-order valence-electron chi connectivity index (χ1n) is 8.11. The van der Waals surface area contributed by atoms with Crippen LogP contribution in [-0.4, -0.2) is 38.9 Å². The quantitative estimate of drug-likeness (QED) is 0.795. The molecule has 1 atom stereocenters. The van der Waals surface area contributed by atoms with Crippen LogP contribution < -0.4 is 0 Å². The second-order valence-electron chi connectivity index (χ2n) is 6.01. The fraction of sp³-hybridized carbons (Fsp3) is 0.368. The number of Topliss-reactive ketones (excluding diaryl/α,β-unsaturated/α-hetero) is 1. The van der Waals surface area contributed by atoms with Gasteiger partial charge in [0.2, 0.25) is 0 Å². The van der Waals surface area contributed by atoms with E-state index in [-0.39, 0.29) is 18.2 Å². The maximum Gasteiger partial charge on any atom is 0.270 e. The second-order valence-corrected chi connectivity index (χ2v) is 6.01. The minimum Gasteiger partial charge on any atom is -0.391 e. The summed E-state index contributed by atoms with van der Waals surface area (Å²) in [6, 6.07) is 11.3. The van der Waals surface area contributed by atoms with Crippen molar-refractivity contribution in [2.75, 3.05) is 6.54 Å². The summed E-state index contributed by atoms with van der Waals surface area (Å²) < 4.78 is 1.66. The zero-order chi connectivity index (χ0) is 17.7. The van der Waals surface area contributed by atoms with E-state index in [4.69, 9.17) is 0 Å². The van der Waals surface area contributed by atoms with Gasteiger partial charge in [-0.3, -0.25) is 9.59 Å². The van der Waals surface area contributed by atoms with Gasteiger partial charge in [0.05, 0.1) is 6.10 Å². The van der Waals surface area contributed by atoms with Gasteiger partial charge in [-0.25, -0.2) is 0 Å². The summed E-state index contributed by atoms with van der Waals surface area (Å²) >= 11 is 0. The van der Waals surface area contributed by atoms with Gasteiger partial charge in [0.25, 0.3) is 5.91 Å². The number of amides is 1. The van der Waals surface area contributed by atoms with E-state index in [1.54, 1.807) is 28.8 Å². The third-order valence-corrected chi connectivity index (χ3v) is 4.04. The van der Waals surface area contributed by atoms with Crippen LogP contribution in [-0.2, 0) is 13.6 Å². The number of aliphatic hydroxyl groups is 1. The van der Waals surface area contributed by atoms with E-state index in [0.717, 1.165) is 5.56 Å². The average Bonchev–Trinajstić information content (AvgIpc) is 2.96. The molecule has 0 fully saturated rings. The number of aromatic nitrogens is 1. The summed E-state index contributed by atoms with van der Waals surface area (Å²) in [7, 11) is 1.75. The van der Waals surface area contributed by atoms with Gasteiger partial charge in [0.1, 0.15) is 5.69 Å². The number of ketones is 1. The Kier molecular flexibility index (Phi) is 5.93. The van der Waals surface area contributed by atoms with Crippen LogP contribution in [0.1, 0.15) is 46.7 Å². The van der Waals surface area contributed by atoms with Crippen LogP contribution in [0.25, 0.3) is 0 Å². The van der Waals surface area contributed by atoms with Gasteiger partial charge in [0.15, 0.2) is 5.78 Å². The first-order valence-corrected chi connectivity index (χ1v) is 8.11. The van der Waals surface area contributed by atoms with Crippen LogP contribution in [0, 0.1) is 0 Å². The first-order chi connectivity index (χ1) is 11.4. The lowest BCUT2D eigenvalue weighted by atomic mass is 10.1. The highest BCUT2D eigenvalue weighted by Crippen LogP contribution is 2.14. The molecule has 1 aromatic carbocycles. The van der Waals surface area contributed by atoms with Crippen LogP contribution in [0.3, 0.4) is 0 Å². The number of hydrogen-bond donors (Lipinski definition) is 1. The van der Waals surface area contributed by atoms with Crippen molar-refractivity contribution in [3.05, 3.63) is 59.4 Å². The fourth-order valence-electron chi connectivity index (χ4n) is 2.54. The molecule has 1 unspecified atom stereocenters. The Hall–Kier alpha value is -2.40. The number of aliphatic hydroxyl groups excluding tert-OH is 1. The Morgan fingerprint density at radius 2 is 1.92 bits per heavy atom. The maximum absolute atomic E-state index is 12.9. The topological polar surface area (TPSA) is 62.5 Å². The van der Waals surface area contributed by atoms with Crippen molar-refractivity contribution in [1.82, 2.24) is 9.47 Å². The standard InChI is InChI=1S/C19H24N2O3/c1-4-17(23)13-21(11-15-8-6-5-7-9-15)19(24)18-10-16(14(2)22)12-20(18)3/h5-10,12,17,23H,4,11,13H2,1-3H3. The molecule has 0 aliphatic rings. The lowest BCUT2D eigenvalue weighted by Crippen LogP contribution is -2.37. The van der Waals surface area contributed by atoms with E-state index in [0.29, 0.717) is 24.2 Å². The molecule has 0 radical (unpaired) electrons. The highest BCUT2D eigenvalue weighted by atomic mass is 16.3. The van der Waals surface area contributed by atoms with Crippen molar-refractivity contribution in [2.24, 2.45) is 7.05 Å². The highest BCUT2D eigenvalue weighted by Gasteiger charge is 2.22. The molecule has 1 aromatic heterocycles. The van der Waals surface area contributed by atoms with Crippen LogP contribution in [0.2, 0.25) is 0 Å². The number of hydrogen-bond acceptors (Lipinski definition) is 3. The molecule has 0 spiro atoms. The van der Waals surface area contributed by atoms with Gasteiger partial charge in [0, 0.05) is 31.9 Å². The van der Waals surface area contributed by atoms with Crippen molar-refractivity contribution < 1.29 is 14.7 Å². The van der Waals surface area contributed by atoms with E-state index in [9.17, 15) is 14.7 Å². The predicted octanol–water partition coefficient (Wildman–Crippen LogP) is 2.64. The predicted molar refractivity (Wildman–Crippen MR) is 92.9 cm³/mol. The summed E-state index contributed by atoms with van der Waals surface area (Å²) in [5.41, 5.74) is 1.95.